The van der Waals surface area contributed by atoms with Gasteiger partial charge in [-0.05, 0) is 17.7 Å². The van der Waals surface area contributed by atoms with E-state index in [0.717, 1.165) is 18.9 Å². The standard InChI is InChI=1S/C13H19NO3/c1-15-5-6-16-8-11-3-2-4-12(7-11)14-13-9-17-10-13/h2-4,7,13-14H,5-6,8-10H2,1H3. The molecule has 0 aromatic heterocycles. The third-order valence-electron chi connectivity index (χ3n) is 2.64. The fourth-order valence-electron chi connectivity index (χ4n) is 1.64. The van der Waals surface area contributed by atoms with Crippen LogP contribution in [0.15, 0.2) is 24.3 Å². The first-order chi connectivity index (χ1) is 8.38. The molecule has 0 atom stereocenters. The summed E-state index contributed by atoms with van der Waals surface area (Å²) < 4.78 is 15.5. The Labute approximate surface area is 102 Å². The van der Waals surface area contributed by atoms with E-state index < -0.39 is 0 Å². The van der Waals surface area contributed by atoms with E-state index >= 15 is 0 Å². The van der Waals surface area contributed by atoms with Crippen molar-refractivity contribution in [2.45, 2.75) is 12.6 Å². The van der Waals surface area contributed by atoms with Gasteiger partial charge in [0.25, 0.3) is 0 Å². The molecule has 0 spiro atoms. The quantitative estimate of drug-likeness (QED) is 0.732. The molecule has 1 N–H and O–H groups in total. The van der Waals surface area contributed by atoms with Gasteiger partial charge in [0.1, 0.15) is 0 Å². The molecule has 0 unspecified atom stereocenters. The Morgan fingerprint density at radius 2 is 2.24 bits per heavy atom. The zero-order valence-electron chi connectivity index (χ0n) is 10.1. The van der Waals surface area contributed by atoms with Crippen LogP contribution in [0.3, 0.4) is 0 Å². The molecule has 4 nitrogen and oxygen atoms in total. The molecule has 2 rings (SSSR count). The van der Waals surface area contributed by atoms with Gasteiger partial charge in [0.05, 0.1) is 39.1 Å². The SMILES string of the molecule is COCCOCc1cccc(NC2COC2)c1. The minimum Gasteiger partial charge on any atom is -0.382 e. The highest BCUT2D eigenvalue weighted by Gasteiger charge is 2.17. The van der Waals surface area contributed by atoms with Gasteiger partial charge in [-0.1, -0.05) is 12.1 Å². The summed E-state index contributed by atoms with van der Waals surface area (Å²) in [5.41, 5.74) is 2.30. The highest BCUT2D eigenvalue weighted by atomic mass is 16.5. The van der Waals surface area contributed by atoms with E-state index in [4.69, 9.17) is 14.2 Å². The second-order valence-corrected chi connectivity index (χ2v) is 4.12. The van der Waals surface area contributed by atoms with Gasteiger partial charge < -0.3 is 19.5 Å². The van der Waals surface area contributed by atoms with Crippen molar-refractivity contribution in [1.29, 1.82) is 0 Å². The lowest BCUT2D eigenvalue weighted by Crippen LogP contribution is -2.40. The number of ether oxygens (including phenoxy) is 3. The van der Waals surface area contributed by atoms with Gasteiger partial charge in [-0.2, -0.15) is 0 Å². The first-order valence-electron chi connectivity index (χ1n) is 5.88. The summed E-state index contributed by atoms with van der Waals surface area (Å²) in [6, 6.07) is 8.74. The van der Waals surface area contributed by atoms with Crippen molar-refractivity contribution in [2.24, 2.45) is 0 Å². The summed E-state index contributed by atoms with van der Waals surface area (Å²) in [7, 11) is 1.68. The van der Waals surface area contributed by atoms with Gasteiger partial charge in [-0.25, -0.2) is 0 Å². The van der Waals surface area contributed by atoms with Crippen molar-refractivity contribution in [3.8, 4) is 0 Å². The van der Waals surface area contributed by atoms with Gasteiger partial charge in [0.15, 0.2) is 0 Å². The first-order valence-corrected chi connectivity index (χ1v) is 5.88. The predicted molar refractivity (Wildman–Crippen MR) is 66.2 cm³/mol. The van der Waals surface area contributed by atoms with Crippen LogP contribution in [0, 0.1) is 0 Å². The molecule has 1 aliphatic rings. The number of benzene rings is 1. The summed E-state index contributed by atoms with van der Waals surface area (Å²) in [6.07, 6.45) is 0. The lowest BCUT2D eigenvalue weighted by molar-refractivity contribution is 0.0211. The molecule has 1 aromatic carbocycles. The van der Waals surface area contributed by atoms with E-state index in [0.29, 0.717) is 25.9 Å². The summed E-state index contributed by atoms with van der Waals surface area (Å²) in [5.74, 6) is 0. The van der Waals surface area contributed by atoms with Gasteiger partial charge in [-0.15, -0.1) is 0 Å². The van der Waals surface area contributed by atoms with Crippen LogP contribution in [0.4, 0.5) is 5.69 Å². The molecule has 0 amide bonds. The topological polar surface area (TPSA) is 39.7 Å². The molecule has 4 heteroatoms. The van der Waals surface area contributed by atoms with Crippen molar-refractivity contribution in [1.82, 2.24) is 0 Å². The smallest absolute Gasteiger partial charge is 0.0728 e. The molecule has 1 aliphatic heterocycles. The van der Waals surface area contributed by atoms with Crippen LogP contribution in [-0.4, -0.2) is 39.6 Å². The highest BCUT2D eigenvalue weighted by molar-refractivity contribution is 5.46. The van der Waals surface area contributed by atoms with E-state index in [1.54, 1.807) is 7.11 Å². The molecule has 94 valence electrons. The van der Waals surface area contributed by atoms with E-state index in [9.17, 15) is 0 Å². The average Bonchev–Trinajstić information content (AvgIpc) is 2.30. The number of hydrogen-bond donors (Lipinski definition) is 1. The molecule has 0 radical (unpaired) electrons. The van der Waals surface area contributed by atoms with Gasteiger partial charge in [0, 0.05) is 12.8 Å². The number of nitrogens with one attached hydrogen (secondary N) is 1. The van der Waals surface area contributed by atoms with Crippen molar-refractivity contribution in [3.63, 3.8) is 0 Å². The monoisotopic (exact) mass is 237 g/mol. The Kier molecular flexibility index (Phi) is 4.79. The molecule has 1 aromatic rings. The van der Waals surface area contributed by atoms with Crippen LogP contribution in [0.25, 0.3) is 0 Å². The minimum atomic E-state index is 0.458. The second-order valence-electron chi connectivity index (χ2n) is 4.12. The second kappa shape index (κ2) is 6.59. The minimum absolute atomic E-state index is 0.458. The van der Waals surface area contributed by atoms with Crippen molar-refractivity contribution in [2.75, 3.05) is 38.9 Å². The maximum atomic E-state index is 5.48. The Morgan fingerprint density at radius 3 is 2.94 bits per heavy atom. The van der Waals surface area contributed by atoms with Crippen LogP contribution < -0.4 is 5.32 Å². The molecule has 17 heavy (non-hydrogen) atoms. The van der Waals surface area contributed by atoms with E-state index in [-0.39, 0.29) is 0 Å². The maximum Gasteiger partial charge on any atom is 0.0728 e. The Balaban J connectivity index is 1.78. The molecule has 1 heterocycles. The predicted octanol–water partition coefficient (Wildman–Crippen LogP) is 1.66. The number of anilines is 1. The lowest BCUT2D eigenvalue weighted by Gasteiger charge is -2.28. The van der Waals surface area contributed by atoms with E-state index in [1.807, 2.05) is 6.07 Å². The average molecular weight is 237 g/mol. The number of hydrogen-bond acceptors (Lipinski definition) is 4. The summed E-state index contributed by atoms with van der Waals surface area (Å²) in [6.45, 7) is 3.49. The van der Waals surface area contributed by atoms with Crippen molar-refractivity contribution in [3.05, 3.63) is 29.8 Å². The summed E-state index contributed by atoms with van der Waals surface area (Å²) >= 11 is 0. The normalized spacial score (nSPS) is 15.6. The maximum absolute atomic E-state index is 5.48. The van der Waals surface area contributed by atoms with Crippen LogP contribution in [0.1, 0.15) is 5.56 Å². The van der Waals surface area contributed by atoms with Crippen LogP contribution in [0.5, 0.6) is 0 Å². The van der Waals surface area contributed by atoms with Crippen LogP contribution in [-0.2, 0) is 20.8 Å². The van der Waals surface area contributed by atoms with Crippen molar-refractivity contribution >= 4 is 5.69 Å². The first kappa shape index (κ1) is 12.4. The van der Waals surface area contributed by atoms with Gasteiger partial charge in [-0.3, -0.25) is 0 Å². The molecule has 1 fully saturated rings. The molecule has 0 saturated carbocycles. The molecular weight excluding hydrogens is 218 g/mol. The summed E-state index contributed by atoms with van der Waals surface area (Å²) in [4.78, 5) is 0. The molecule has 0 aliphatic carbocycles. The fraction of sp³-hybridized carbons (Fsp3) is 0.538. The molecule has 1 saturated heterocycles. The third kappa shape index (κ3) is 4.00. The van der Waals surface area contributed by atoms with E-state index in [2.05, 4.69) is 23.5 Å². The lowest BCUT2D eigenvalue weighted by atomic mass is 10.2. The summed E-state index contributed by atoms with van der Waals surface area (Å²) in [5, 5.41) is 3.42. The number of rotatable bonds is 7. The fourth-order valence-corrected chi connectivity index (χ4v) is 1.64. The molecule has 0 bridgehead atoms. The Morgan fingerprint density at radius 1 is 1.35 bits per heavy atom. The largest absolute Gasteiger partial charge is 0.382 e. The van der Waals surface area contributed by atoms with Crippen LogP contribution >= 0.6 is 0 Å². The zero-order chi connectivity index (χ0) is 11.9. The van der Waals surface area contributed by atoms with E-state index in [1.165, 1.54) is 5.56 Å². The van der Waals surface area contributed by atoms with Gasteiger partial charge in [0.2, 0.25) is 0 Å². The van der Waals surface area contributed by atoms with Gasteiger partial charge >= 0.3 is 0 Å². The Bertz CT molecular complexity index is 339. The van der Waals surface area contributed by atoms with Crippen molar-refractivity contribution < 1.29 is 14.2 Å². The van der Waals surface area contributed by atoms with Crippen LogP contribution in [0.2, 0.25) is 0 Å². The molecular formula is C13H19NO3. The Hall–Kier alpha value is -1.10. The zero-order valence-corrected chi connectivity index (χ0v) is 10.1. The highest BCUT2D eigenvalue weighted by Crippen LogP contribution is 2.15. The number of methoxy groups -OCH3 is 1. The third-order valence-corrected chi connectivity index (χ3v) is 2.64.